The summed E-state index contributed by atoms with van der Waals surface area (Å²) in [6.07, 6.45) is 6.27. The third kappa shape index (κ3) is 6.59. The van der Waals surface area contributed by atoms with Gasteiger partial charge >= 0.3 is 0 Å². The van der Waals surface area contributed by atoms with Crippen molar-refractivity contribution in [3.05, 3.63) is 11.8 Å². The molecule has 0 aromatic carbocycles. The van der Waals surface area contributed by atoms with E-state index in [0.717, 1.165) is 50.5 Å². The number of likely N-dealkylation sites (N-methyl/N-ethyl adjacent to an activating group) is 1. The van der Waals surface area contributed by atoms with E-state index in [4.69, 9.17) is 9.57 Å². The van der Waals surface area contributed by atoms with Crippen LogP contribution in [0.2, 0.25) is 0 Å². The second kappa shape index (κ2) is 9.18. The minimum absolute atomic E-state index is 0.815. The Kier molecular flexibility index (Phi) is 7.19. The van der Waals surface area contributed by atoms with Crippen LogP contribution in [-0.2, 0) is 9.57 Å². The lowest BCUT2D eigenvalue weighted by atomic mass is 10.1. The highest BCUT2D eigenvalue weighted by Gasteiger charge is 2.11. The second-order valence-corrected chi connectivity index (χ2v) is 5.98. The zero-order valence-electron chi connectivity index (χ0n) is 13.5. The van der Waals surface area contributed by atoms with E-state index in [2.05, 4.69) is 28.1 Å². The number of hydrogen-bond acceptors (Lipinski definition) is 5. The standard InChI is InChI=1S/C16H29N3O2/c1-15-6-7-16(17-21-15)5-3-13-20-14-12-19-9-4-8-18(2)10-11-19/h6H,3-5,7-14H2,1-2H3. The predicted molar refractivity (Wildman–Crippen MR) is 85.5 cm³/mol. The Morgan fingerprint density at radius 3 is 2.95 bits per heavy atom. The largest absolute Gasteiger partial charge is 0.380 e. The van der Waals surface area contributed by atoms with E-state index in [9.17, 15) is 0 Å². The maximum atomic E-state index is 5.75. The molecule has 0 saturated carbocycles. The van der Waals surface area contributed by atoms with Crippen molar-refractivity contribution in [2.24, 2.45) is 5.16 Å². The Balaban J connectivity index is 1.47. The van der Waals surface area contributed by atoms with Crippen LogP contribution in [0.5, 0.6) is 0 Å². The van der Waals surface area contributed by atoms with Gasteiger partial charge in [0.05, 0.1) is 12.3 Å². The zero-order chi connectivity index (χ0) is 14.9. The fourth-order valence-electron chi connectivity index (χ4n) is 2.62. The van der Waals surface area contributed by atoms with Crippen LogP contribution in [0.15, 0.2) is 17.0 Å². The Hall–Kier alpha value is -0.910. The van der Waals surface area contributed by atoms with Crippen LogP contribution >= 0.6 is 0 Å². The lowest BCUT2D eigenvalue weighted by Gasteiger charge is -2.19. The van der Waals surface area contributed by atoms with Gasteiger partial charge in [-0.25, -0.2) is 0 Å². The van der Waals surface area contributed by atoms with Crippen molar-refractivity contribution in [2.45, 2.75) is 32.6 Å². The van der Waals surface area contributed by atoms with E-state index in [1.165, 1.54) is 32.6 Å². The van der Waals surface area contributed by atoms with Crippen molar-refractivity contribution in [1.29, 1.82) is 0 Å². The molecule has 0 aliphatic carbocycles. The molecule has 1 saturated heterocycles. The molecule has 2 rings (SSSR count). The van der Waals surface area contributed by atoms with Gasteiger partial charge in [0, 0.05) is 32.7 Å². The summed E-state index contributed by atoms with van der Waals surface area (Å²) in [6, 6.07) is 0. The maximum absolute atomic E-state index is 5.75. The second-order valence-electron chi connectivity index (χ2n) is 5.98. The summed E-state index contributed by atoms with van der Waals surface area (Å²) in [7, 11) is 2.20. The van der Waals surface area contributed by atoms with Crippen molar-refractivity contribution in [2.75, 3.05) is 53.0 Å². The van der Waals surface area contributed by atoms with E-state index in [1.54, 1.807) is 0 Å². The van der Waals surface area contributed by atoms with Gasteiger partial charge in [0.25, 0.3) is 0 Å². The molecule has 0 bridgehead atoms. The van der Waals surface area contributed by atoms with Crippen LogP contribution in [0.1, 0.15) is 32.6 Å². The van der Waals surface area contributed by atoms with Gasteiger partial charge in [0.15, 0.2) is 0 Å². The smallest absolute Gasteiger partial charge is 0.128 e. The summed E-state index contributed by atoms with van der Waals surface area (Å²) in [5.41, 5.74) is 1.12. The normalized spacial score (nSPS) is 21.4. The molecule has 0 N–H and O–H groups in total. The number of nitrogens with zero attached hydrogens (tertiary/aromatic N) is 3. The first-order valence-corrected chi connectivity index (χ1v) is 8.12. The van der Waals surface area contributed by atoms with Crippen LogP contribution in [0.3, 0.4) is 0 Å². The quantitative estimate of drug-likeness (QED) is 0.674. The van der Waals surface area contributed by atoms with Gasteiger partial charge in [-0.1, -0.05) is 5.16 Å². The van der Waals surface area contributed by atoms with E-state index in [1.807, 2.05) is 6.92 Å². The molecule has 0 aromatic rings. The van der Waals surface area contributed by atoms with Gasteiger partial charge in [-0.2, -0.15) is 0 Å². The molecule has 0 atom stereocenters. The van der Waals surface area contributed by atoms with Gasteiger partial charge in [0.2, 0.25) is 0 Å². The van der Waals surface area contributed by atoms with Crippen molar-refractivity contribution in [1.82, 2.24) is 9.80 Å². The minimum atomic E-state index is 0.815. The molecule has 2 aliphatic heterocycles. The minimum Gasteiger partial charge on any atom is -0.380 e. The fraction of sp³-hybridized carbons (Fsp3) is 0.812. The van der Waals surface area contributed by atoms with Crippen molar-refractivity contribution in [3.8, 4) is 0 Å². The Bertz CT molecular complexity index is 369. The lowest BCUT2D eigenvalue weighted by Crippen LogP contribution is -2.31. The first-order valence-electron chi connectivity index (χ1n) is 8.12. The lowest BCUT2D eigenvalue weighted by molar-refractivity contribution is 0.104. The molecular weight excluding hydrogens is 266 g/mol. The van der Waals surface area contributed by atoms with Crippen LogP contribution in [0.25, 0.3) is 0 Å². The molecule has 0 spiro atoms. The van der Waals surface area contributed by atoms with Crippen LogP contribution in [-0.4, -0.2) is 68.5 Å². The molecule has 120 valence electrons. The monoisotopic (exact) mass is 295 g/mol. The number of ether oxygens (including phenoxy) is 1. The van der Waals surface area contributed by atoms with Crippen molar-refractivity contribution >= 4 is 5.71 Å². The molecule has 5 heteroatoms. The Labute approximate surface area is 128 Å². The number of allylic oxidation sites excluding steroid dienone is 2. The molecule has 0 amide bonds. The summed E-state index contributed by atoms with van der Waals surface area (Å²) >= 11 is 0. The Morgan fingerprint density at radius 1 is 1.24 bits per heavy atom. The van der Waals surface area contributed by atoms with Crippen molar-refractivity contribution in [3.63, 3.8) is 0 Å². The van der Waals surface area contributed by atoms with Gasteiger partial charge in [-0.05, 0) is 52.4 Å². The first kappa shape index (κ1) is 16.5. The molecule has 0 radical (unpaired) electrons. The number of hydrogen-bond donors (Lipinski definition) is 0. The molecule has 0 aromatic heterocycles. The van der Waals surface area contributed by atoms with Gasteiger partial charge in [0.1, 0.15) is 5.76 Å². The molecular formula is C16H29N3O2. The average molecular weight is 295 g/mol. The van der Waals surface area contributed by atoms with Crippen molar-refractivity contribution < 1.29 is 9.57 Å². The first-order chi connectivity index (χ1) is 10.2. The summed E-state index contributed by atoms with van der Waals surface area (Å²) in [5.74, 6) is 0.901. The van der Waals surface area contributed by atoms with Crippen LogP contribution in [0, 0.1) is 0 Å². The van der Waals surface area contributed by atoms with E-state index in [0.29, 0.717) is 0 Å². The number of rotatable bonds is 7. The highest BCUT2D eigenvalue weighted by atomic mass is 16.6. The molecule has 1 fully saturated rings. The van der Waals surface area contributed by atoms with E-state index < -0.39 is 0 Å². The van der Waals surface area contributed by atoms with Gasteiger partial charge in [-0.15, -0.1) is 0 Å². The molecule has 2 aliphatic rings. The van der Waals surface area contributed by atoms with Gasteiger partial charge < -0.3 is 14.5 Å². The summed E-state index contributed by atoms with van der Waals surface area (Å²) in [6.45, 7) is 9.40. The molecule has 5 nitrogen and oxygen atoms in total. The molecule has 2 heterocycles. The third-order valence-corrected chi connectivity index (χ3v) is 4.06. The SMILES string of the molecule is CC1=CCC(CCCOCCN2CCCN(C)CC2)=NO1. The zero-order valence-corrected chi connectivity index (χ0v) is 13.5. The number of oxime groups is 1. The highest BCUT2D eigenvalue weighted by Crippen LogP contribution is 2.10. The molecule has 0 unspecified atom stereocenters. The van der Waals surface area contributed by atoms with E-state index in [-0.39, 0.29) is 0 Å². The summed E-state index contributed by atoms with van der Waals surface area (Å²) in [4.78, 5) is 10.1. The highest BCUT2D eigenvalue weighted by molar-refractivity contribution is 5.85. The third-order valence-electron chi connectivity index (χ3n) is 4.06. The predicted octanol–water partition coefficient (Wildman–Crippen LogP) is 2.10. The summed E-state index contributed by atoms with van der Waals surface area (Å²) in [5, 5.41) is 4.10. The average Bonchev–Trinajstić information content (AvgIpc) is 2.69. The van der Waals surface area contributed by atoms with E-state index >= 15 is 0 Å². The fourth-order valence-corrected chi connectivity index (χ4v) is 2.62. The Morgan fingerprint density at radius 2 is 2.14 bits per heavy atom. The molecule has 21 heavy (non-hydrogen) atoms. The van der Waals surface area contributed by atoms with Gasteiger partial charge in [-0.3, -0.25) is 4.90 Å². The topological polar surface area (TPSA) is 37.3 Å². The van der Waals surface area contributed by atoms with Crippen LogP contribution in [0.4, 0.5) is 0 Å². The summed E-state index contributed by atoms with van der Waals surface area (Å²) < 4.78 is 5.75. The maximum Gasteiger partial charge on any atom is 0.128 e. The van der Waals surface area contributed by atoms with Crippen LogP contribution < -0.4 is 0 Å².